The number of ether oxygens (including phenoxy) is 1. The lowest BCUT2D eigenvalue weighted by Crippen LogP contribution is -2.09. The zero-order chi connectivity index (χ0) is 8.27. The van der Waals surface area contributed by atoms with Crippen LogP contribution in [0.2, 0.25) is 0 Å². The molecular weight excluding hydrogens is 144 g/mol. The second-order valence-corrected chi connectivity index (χ2v) is 2.29. The minimum atomic E-state index is 0.0526. The van der Waals surface area contributed by atoms with Crippen molar-refractivity contribution in [2.45, 2.75) is 20.0 Å². The molecule has 0 saturated carbocycles. The van der Waals surface area contributed by atoms with Crippen LogP contribution in [0.1, 0.15) is 13.8 Å². The Morgan fingerprint density at radius 1 is 1.45 bits per heavy atom. The monoisotopic (exact) mass is 154 g/mol. The largest absolute Gasteiger partial charge is 0.461 e. The van der Waals surface area contributed by atoms with Crippen LogP contribution in [0.5, 0.6) is 6.01 Å². The van der Waals surface area contributed by atoms with Gasteiger partial charge in [0, 0.05) is 0 Å². The summed E-state index contributed by atoms with van der Waals surface area (Å²) in [6.45, 7) is 3.78. The molecule has 0 aliphatic rings. The summed E-state index contributed by atoms with van der Waals surface area (Å²) in [5.74, 6) is 0.177. The van der Waals surface area contributed by atoms with Crippen molar-refractivity contribution >= 4 is 5.95 Å². The van der Waals surface area contributed by atoms with Gasteiger partial charge in [0.05, 0.1) is 6.10 Å². The van der Waals surface area contributed by atoms with Gasteiger partial charge in [0.2, 0.25) is 5.95 Å². The smallest absolute Gasteiger partial charge is 0.321 e. The number of nitrogens with two attached hydrogens (primary N) is 1. The number of nitrogen functional groups attached to an aromatic ring is 1. The molecule has 0 bridgehead atoms. The Morgan fingerprint density at radius 3 is 2.73 bits per heavy atom. The Labute approximate surface area is 64.6 Å². The van der Waals surface area contributed by atoms with E-state index in [0.29, 0.717) is 0 Å². The SMILES string of the molecule is CC(C)Oc1ncnc(N)n1. The van der Waals surface area contributed by atoms with Gasteiger partial charge in [-0.2, -0.15) is 9.97 Å². The number of nitrogens with zero attached hydrogens (tertiary/aromatic N) is 3. The number of hydrogen-bond donors (Lipinski definition) is 1. The van der Waals surface area contributed by atoms with Crippen LogP contribution < -0.4 is 10.5 Å². The highest BCUT2D eigenvalue weighted by Gasteiger charge is 2.00. The summed E-state index contributed by atoms with van der Waals surface area (Å²) in [4.78, 5) is 11.1. The summed E-state index contributed by atoms with van der Waals surface area (Å²) < 4.78 is 5.15. The van der Waals surface area contributed by atoms with Crippen LogP contribution in [0.25, 0.3) is 0 Å². The highest BCUT2D eigenvalue weighted by atomic mass is 16.5. The molecule has 1 aromatic heterocycles. The minimum Gasteiger partial charge on any atom is -0.461 e. The van der Waals surface area contributed by atoms with Crippen LogP contribution in [0.3, 0.4) is 0 Å². The van der Waals surface area contributed by atoms with E-state index in [1.165, 1.54) is 6.33 Å². The molecule has 1 heterocycles. The average Bonchev–Trinajstić information content (AvgIpc) is 1.85. The van der Waals surface area contributed by atoms with Crippen LogP contribution in [-0.2, 0) is 0 Å². The van der Waals surface area contributed by atoms with Crippen molar-refractivity contribution in [3.8, 4) is 6.01 Å². The van der Waals surface area contributed by atoms with Crippen molar-refractivity contribution < 1.29 is 4.74 Å². The maximum absolute atomic E-state index is 5.29. The van der Waals surface area contributed by atoms with Crippen molar-refractivity contribution in [2.24, 2.45) is 0 Å². The molecule has 0 radical (unpaired) electrons. The van der Waals surface area contributed by atoms with E-state index >= 15 is 0 Å². The first-order valence-electron chi connectivity index (χ1n) is 3.29. The van der Waals surface area contributed by atoms with E-state index < -0.39 is 0 Å². The maximum Gasteiger partial charge on any atom is 0.321 e. The molecule has 2 N–H and O–H groups in total. The van der Waals surface area contributed by atoms with E-state index in [4.69, 9.17) is 10.5 Å². The molecule has 0 amide bonds. The standard InChI is InChI=1S/C6H10N4O/c1-4(2)11-6-9-3-8-5(7)10-6/h3-4H,1-2H3,(H2,7,8,9,10). The van der Waals surface area contributed by atoms with Gasteiger partial charge in [0.25, 0.3) is 0 Å². The van der Waals surface area contributed by atoms with Crippen molar-refractivity contribution in [1.29, 1.82) is 0 Å². The Bertz CT molecular complexity index is 238. The first kappa shape index (κ1) is 7.71. The molecule has 60 valence electrons. The Hall–Kier alpha value is -1.39. The average molecular weight is 154 g/mol. The molecule has 0 aromatic carbocycles. The van der Waals surface area contributed by atoms with Crippen LogP contribution in [0, 0.1) is 0 Å². The van der Waals surface area contributed by atoms with E-state index in [0.717, 1.165) is 0 Å². The van der Waals surface area contributed by atoms with E-state index in [-0.39, 0.29) is 18.1 Å². The van der Waals surface area contributed by atoms with Crippen molar-refractivity contribution in [1.82, 2.24) is 15.0 Å². The van der Waals surface area contributed by atoms with E-state index in [1.807, 2.05) is 13.8 Å². The number of anilines is 1. The van der Waals surface area contributed by atoms with Gasteiger partial charge in [-0.1, -0.05) is 0 Å². The van der Waals surface area contributed by atoms with E-state index in [2.05, 4.69) is 15.0 Å². The number of rotatable bonds is 2. The molecular formula is C6H10N4O. The molecule has 11 heavy (non-hydrogen) atoms. The van der Waals surface area contributed by atoms with Crippen molar-refractivity contribution in [2.75, 3.05) is 5.73 Å². The second-order valence-electron chi connectivity index (χ2n) is 2.29. The highest BCUT2D eigenvalue weighted by molar-refractivity contribution is 5.14. The summed E-state index contributed by atoms with van der Waals surface area (Å²) in [6.07, 6.45) is 1.37. The first-order valence-corrected chi connectivity index (χ1v) is 3.29. The third-order valence-electron chi connectivity index (χ3n) is 0.909. The second kappa shape index (κ2) is 3.14. The number of hydrogen-bond acceptors (Lipinski definition) is 5. The molecule has 5 heteroatoms. The Kier molecular flexibility index (Phi) is 2.20. The zero-order valence-corrected chi connectivity index (χ0v) is 6.48. The summed E-state index contributed by atoms with van der Waals surface area (Å²) in [7, 11) is 0. The van der Waals surface area contributed by atoms with Crippen LogP contribution in [-0.4, -0.2) is 21.1 Å². The predicted molar refractivity (Wildman–Crippen MR) is 40.0 cm³/mol. The fourth-order valence-electron chi connectivity index (χ4n) is 0.561. The zero-order valence-electron chi connectivity index (χ0n) is 6.48. The molecule has 0 saturated heterocycles. The lowest BCUT2D eigenvalue weighted by atomic mass is 10.5. The predicted octanol–water partition coefficient (Wildman–Crippen LogP) is 0.241. The van der Waals surface area contributed by atoms with E-state index in [1.54, 1.807) is 0 Å². The van der Waals surface area contributed by atoms with Gasteiger partial charge in [0.15, 0.2) is 0 Å². The summed E-state index contributed by atoms with van der Waals surface area (Å²) in [5.41, 5.74) is 5.29. The van der Waals surface area contributed by atoms with Gasteiger partial charge in [-0.05, 0) is 13.8 Å². The molecule has 0 spiro atoms. The lowest BCUT2D eigenvalue weighted by molar-refractivity contribution is 0.222. The van der Waals surface area contributed by atoms with Gasteiger partial charge >= 0.3 is 6.01 Å². The molecule has 0 atom stereocenters. The fourth-order valence-corrected chi connectivity index (χ4v) is 0.561. The highest BCUT2D eigenvalue weighted by Crippen LogP contribution is 2.02. The number of aromatic nitrogens is 3. The molecule has 1 rings (SSSR count). The Balaban J connectivity index is 2.71. The van der Waals surface area contributed by atoms with Crippen molar-refractivity contribution in [3.63, 3.8) is 0 Å². The van der Waals surface area contributed by atoms with Gasteiger partial charge < -0.3 is 10.5 Å². The van der Waals surface area contributed by atoms with Crippen LogP contribution in [0.4, 0.5) is 5.95 Å². The lowest BCUT2D eigenvalue weighted by Gasteiger charge is -2.05. The topological polar surface area (TPSA) is 73.9 Å². The molecule has 0 fully saturated rings. The Morgan fingerprint density at radius 2 is 2.18 bits per heavy atom. The van der Waals surface area contributed by atoms with Crippen LogP contribution >= 0.6 is 0 Å². The van der Waals surface area contributed by atoms with Crippen molar-refractivity contribution in [3.05, 3.63) is 6.33 Å². The summed E-state index contributed by atoms with van der Waals surface area (Å²) >= 11 is 0. The quantitative estimate of drug-likeness (QED) is 0.660. The molecule has 5 nitrogen and oxygen atoms in total. The normalized spacial score (nSPS) is 10.1. The summed E-state index contributed by atoms with van der Waals surface area (Å²) in [5, 5.41) is 0. The fraction of sp³-hybridized carbons (Fsp3) is 0.500. The molecule has 1 aromatic rings. The van der Waals surface area contributed by atoms with Gasteiger partial charge in [-0.15, -0.1) is 0 Å². The molecule has 0 unspecified atom stereocenters. The third-order valence-corrected chi connectivity index (χ3v) is 0.909. The summed E-state index contributed by atoms with van der Waals surface area (Å²) in [6, 6.07) is 0.271. The maximum atomic E-state index is 5.29. The van der Waals surface area contributed by atoms with Crippen LogP contribution in [0.15, 0.2) is 6.33 Å². The van der Waals surface area contributed by atoms with E-state index in [9.17, 15) is 0 Å². The molecule has 0 aliphatic heterocycles. The molecule has 0 aliphatic carbocycles. The third kappa shape index (κ3) is 2.37. The van der Waals surface area contributed by atoms with Gasteiger partial charge in [-0.25, -0.2) is 4.98 Å². The first-order chi connectivity index (χ1) is 5.18. The minimum absolute atomic E-state index is 0.0526. The van der Waals surface area contributed by atoms with Gasteiger partial charge in [0.1, 0.15) is 6.33 Å². The van der Waals surface area contributed by atoms with Gasteiger partial charge in [-0.3, -0.25) is 0 Å².